The van der Waals surface area contributed by atoms with Crippen LogP contribution in [0.4, 0.5) is 0 Å². The highest BCUT2D eigenvalue weighted by atomic mass is 32.2. The number of thiophene rings is 2. The zero-order valence-corrected chi connectivity index (χ0v) is 15.3. The number of nitrogens with zero attached hydrogens (tertiary/aromatic N) is 1. The van der Waals surface area contributed by atoms with Crippen molar-refractivity contribution in [3.63, 3.8) is 0 Å². The summed E-state index contributed by atoms with van der Waals surface area (Å²) in [6, 6.07) is 12.6. The monoisotopic (exact) mass is 378 g/mol. The van der Waals surface area contributed by atoms with Crippen LogP contribution in [0, 0.1) is 0 Å². The molecule has 0 radical (unpaired) electrons. The first kappa shape index (κ1) is 14.6. The number of hydrogen-bond donors (Lipinski definition) is 1. The third-order valence-corrected chi connectivity index (χ3v) is 8.08. The standard InChI is InChI=1S/C15H10N2S5/c1-5-11(16-7-1)20-15-17-14(21-12-6-3-9-19-12)13(22-15)10-4-2-8-18-10/h1-9,16H. The van der Waals surface area contributed by atoms with Crippen LogP contribution < -0.4 is 0 Å². The Labute approximate surface area is 148 Å². The molecule has 0 spiro atoms. The van der Waals surface area contributed by atoms with Gasteiger partial charge in [-0.3, -0.25) is 0 Å². The Morgan fingerprint density at radius 1 is 0.955 bits per heavy atom. The SMILES string of the molecule is c1c[nH]c(Sc2nc(Sc3cccs3)c(-c3cccs3)s2)c1. The highest BCUT2D eigenvalue weighted by Crippen LogP contribution is 2.45. The maximum Gasteiger partial charge on any atom is 0.158 e. The molecule has 4 rings (SSSR count). The second-order valence-electron chi connectivity index (χ2n) is 4.26. The van der Waals surface area contributed by atoms with Gasteiger partial charge >= 0.3 is 0 Å². The zero-order valence-electron chi connectivity index (χ0n) is 11.2. The normalized spacial score (nSPS) is 11.1. The van der Waals surface area contributed by atoms with Gasteiger partial charge in [0.2, 0.25) is 0 Å². The molecule has 0 fully saturated rings. The van der Waals surface area contributed by atoms with Crippen molar-refractivity contribution in [2.75, 3.05) is 0 Å². The smallest absolute Gasteiger partial charge is 0.158 e. The first-order chi connectivity index (χ1) is 10.9. The minimum absolute atomic E-state index is 1.07. The minimum Gasteiger partial charge on any atom is -0.356 e. The summed E-state index contributed by atoms with van der Waals surface area (Å²) in [6.07, 6.45) is 1.94. The minimum atomic E-state index is 1.07. The number of rotatable bonds is 5. The molecule has 22 heavy (non-hydrogen) atoms. The van der Waals surface area contributed by atoms with E-state index in [-0.39, 0.29) is 0 Å². The number of aromatic nitrogens is 2. The van der Waals surface area contributed by atoms with Crippen LogP contribution in [-0.2, 0) is 0 Å². The van der Waals surface area contributed by atoms with Gasteiger partial charge in [0.1, 0.15) is 5.03 Å². The van der Waals surface area contributed by atoms with Crippen molar-refractivity contribution in [3.8, 4) is 9.75 Å². The summed E-state index contributed by atoms with van der Waals surface area (Å²) >= 11 is 8.73. The molecule has 0 aromatic carbocycles. The van der Waals surface area contributed by atoms with Crippen LogP contribution in [0.15, 0.2) is 72.0 Å². The predicted molar refractivity (Wildman–Crippen MR) is 98.8 cm³/mol. The van der Waals surface area contributed by atoms with Crippen molar-refractivity contribution >= 4 is 57.5 Å². The van der Waals surface area contributed by atoms with E-state index in [1.165, 1.54) is 14.0 Å². The van der Waals surface area contributed by atoms with Crippen LogP contribution in [0.3, 0.4) is 0 Å². The van der Waals surface area contributed by atoms with Crippen LogP contribution in [0.5, 0.6) is 0 Å². The Balaban J connectivity index is 1.69. The van der Waals surface area contributed by atoms with E-state index in [1.807, 2.05) is 12.3 Å². The third-order valence-electron chi connectivity index (χ3n) is 2.78. The fraction of sp³-hybridized carbons (Fsp3) is 0. The Morgan fingerprint density at radius 3 is 2.59 bits per heavy atom. The lowest BCUT2D eigenvalue weighted by Crippen LogP contribution is -1.75. The van der Waals surface area contributed by atoms with E-state index >= 15 is 0 Å². The summed E-state index contributed by atoms with van der Waals surface area (Å²) in [5, 5.41) is 6.45. The van der Waals surface area contributed by atoms with E-state index in [0.717, 1.165) is 14.4 Å². The van der Waals surface area contributed by atoms with Crippen molar-refractivity contribution in [2.24, 2.45) is 0 Å². The summed E-state index contributed by atoms with van der Waals surface area (Å²) in [5.41, 5.74) is 0. The van der Waals surface area contributed by atoms with E-state index in [4.69, 9.17) is 4.98 Å². The lowest BCUT2D eigenvalue weighted by Gasteiger charge is -1.97. The number of H-pyrrole nitrogens is 1. The average Bonchev–Trinajstić information content (AvgIpc) is 3.28. The van der Waals surface area contributed by atoms with Crippen molar-refractivity contribution < 1.29 is 0 Å². The van der Waals surface area contributed by atoms with Gasteiger partial charge in [0.25, 0.3) is 0 Å². The summed E-state index contributed by atoms with van der Waals surface area (Å²) in [5.74, 6) is 0. The van der Waals surface area contributed by atoms with E-state index < -0.39 is 0 Å². The van der Waals surface area contributed by atoms with Crippen LogP contribution in [0.2, 0.25) is 0 Å². The first-order valence-corrected chi connectivity index (χ1v) is 10.7. The molecule has 4 aromatic heterocycles. The van der Waals surface area contributed by atoms with Crippen molar-refractivity contribution in [2.45, 2.75) is 18.6 Å². The molecule has 0 aliphatic rings. The summed E-state index contributed by atoms with van der Waals surface area (Å²) in [4.78, 5) is 10.6. The van der Waals surface area contributed by atoms with Crippen molar-refractivity contribution in [3.05, 3.63) is 53.4 Å². The van der Waals surface area contributed by atoms with Gasteiger partial charge in [0.05, 0.1) is 14.1 Å². The van der Waals surface area contributed by atoms with Crippen molar-refractivity contribution in [1.82, 2.24) is 9.97 Å². The van der Waals surface area contributed by atoms with Gasteiger partial charge < -0.3 is 4.98 Å². The number of aromatic amines is 1. The maximum absolute atomic E-state index is 4.85. The Kier molecular flexibility index (Phi) is 4.40. The molecule has 1 N–H and O–H groups in total. The van der Waals surface area contributed by atoms with E-state index in [1.54, 1.807) is 57.5 Å². The van der Waals surface area contributed by atoms with Gasteiger partial charge in [-0.2, -0.15) is 0 Å². The molecule has 110 valence electrons. The highest BCUT2D eigenvalue weighted by Gasteiger charge is 2.16. The van der Waals surface area contributed by atoms with E-state index in [0.29, 0.717) is 0 Å². The first-order valence-electron chi connectivity index (χ1n) is 6.46. The van der Waals surface area contributed by atoms with Crippen LogP contribution in [0.1, 0.15) is 0 Å². The van der Waals surface area contributed by atoms with Gasteiger partial charge in [-0.05, 0) is 46.8 Å². The molecule has 4 aromatic rings. The molecular weight excluding hydrogens is 369 g/mol. The Bertz CT molecular complexity index is 829. The molecule has 0 bridgehead atoms. The van der Waals surface area contributed by atoms with Gasteiger partial charge in [-0.25, -0.2) is 4.98 Å². The fourth-order valence-electron chi connectivity index (χ4n) is 1.85. The zero-order chi connectivity index (χ0) is 14.8. The maximum atomic E-state index is 4.85. The van der Waals surface area contributed by atoms with Gasteiger partial charge in [-0.15, -0.1) is 34.0 Å². The molecule has 0 saturated carbocycles. The Morgan fingerprint density at radius 2 is 1.86 bits per heavy atom. The number of hydrogen-bond acceptors (Lipinski definition) is 6. The summed E-state index contributed by atoms with van der Waals surface area (Å²) in [6.45, 7) is 0. The van der Waals surface area contributed by atoms with Gasteiger partial charge in [-0.1, -0.05) is 23.9 Å². The largest absolute Gasteiger partial charge is 0.356 e. The molecule has 0 atom stereocenters. The lowest BCUT2D eigenvalue weighted by atomic mass is 10.4. The van der Waals surface area contributed by atoms with Crippen LogP contribution in [0.25, 0.3) is 9.75 Å². The molecule has 0 saturated heterocycles. The summed E-state index contributed by atoms with van der Waals surface area (Å²) < 4.78 is 2.35. The number of thiazole rings is 1. The molecule has 2 nitrogen and oxygen atoms in total. The van der Waals surface area contributed by atoms with Crippen LogP contribution >= 0.6 is 57.5 Å². The quantitative estimate of drug-likeness (QED) is 0.426. The number of nitrogens with one attached hydrogen (secondary N) is 1. The molecule has 4 heterocycles. The third kappa shape index (κ3) is 3.18. The predicted octanol–water partition coefficient (Wildman–Crippen LogP) is 6.56. The fourth-order valence-corrected chi connectivity index (χ4v) is 6.83. The summed E-state index contributed by atoms with van der Waals surface area (Å²) in [7, 11) is 0. The molecule has 0 amide bonds. The topological polar surface area (TPSA) is 28.7 Å². The van der Waals surface area contributed by atoms with Gasteiger partial charge in [0, 0.05) is 11.1 Å². The molecule has 0 aliphatic carbocycles. The second-order valence-corrected chi connectivity index (χ2v) is 9.73. The Hall–Kier alpha value is -0.990. The van der Waals surface area contributed by atoms with E-state index in [2.05, 4.69) is 46.1 Å². The second kappa shape index (κ2) is 6.64. The average molecular weight is 379 g/mol. The molecule has 0 aliphatic heterocycles. The molecular formula is C15H10N2S5. The molecule has 7 heteroatoms. The molecule has 0 unspecified atom stereocenters. The highest BCUT2D eigenvalue weighted by molar-refractivity contribution is 8.02. The van der Waals surface area contributed by atoms with Crippen LogP contribution in [-0.4, -0.2) is 9.97 Å². The van der Waals surface area contributed by atoms with Crippen molar-refractivity contribution in [1.29, 1.82) is 0 Å². The van der Waals surface area contributed by atoms with Gasteiger partial charge in [0.15, 0.2) is 4.34 Å². The lowest BCUT2D eigenvalue weighted by molar-refractivity contribution is 1.10. The van der Waals surface area contributed by atoms with E-state index in [9.17, 15) is 0 Å².